The second-order valence-electron chi connectivity index (χ2n) is 6.30. The molecule has 0 bridgehead atoms. The van der Waals surface area contributed by atoms with Crippen LogP contribution < -0.4 is 4.90 Å². The van der Waals surface area contributed by atoms with Crippen LogP contribution in [0.25, 0.3) is 0 Å². The number of nitrogens with zero attached hydrogens (tertiary/aromatic N) is 5. The van der Waals surface area contributed by atoms with E-state index in [2.05, 4.69) is 25.9 Å². The summed E-state index contributed by atoms with van der Waals surface area (Å²) in [4.78, 5) is 15.7. The number of aromatic nitrogens is 3. The van der Waals surface area contributed by atoms with Gasteiger partial charge in [-0.2, -0.15) is 13.2 Å². The zero-order chi connectivity index (χ0) is 18.0. The maximum absolute atomic E-state index is 12.8. The summed E-state index contributed by atoms with van der Waals surface area (Å²) in [5, 5.41) is 0. The first kappa shape index (κ1) is 17.6. The lowest BCUT2D eigenvalue weighted by molar-refractivity contribution is -0.141. The number of likely N-dealkylation sites (tertiary alicyclic amines) is 1. The van der Waals surface area contributed by atoms with E-state index in [1.165, 1.54) is 5.56 Å². The van der Waals surface area contributed by atoms with E-state index < -0.39 is 11.9 Å². The molecule has 1 saturated heterocycles. The van der Waals surface area contributed by atoms with Crippen molar-refractivity contribution < 1.29 is 13.2 Å². The van der Waals surface area contributed by atoms with E-state index in [-0.39, 0.29) is 6.04 Å². The van der Waals surface area contributed by atoms with Crippen molar-refractivity contribution in [3.05, 3.63) is 47.7 Å². The zero-order valence-electron chi connectivity index (χ0n) is 14.2. The highest BCUT2D eigenvalue weighted by molar-refractivity contribution is 5.40. The SMILES string of the molecule is Cc1ncccc1CN1CCC(N(C)c2cc(C(F)(F)F)ncn2)C1. The van der Waals surface area contributed by atoms with Crippen molar-refractivity contribution in [1.82, 2.24) is 19.9 Å². The number of halogens is 3. The molecule has 1 fully saturated rings. The van der Waals surface area contributed by atoms with Gasteiger partial charge in [0, 0.05) is 50.7 Å². The number of hydrogen-bond acceptors (Lipinski definition) is 5. The molecular weight excluding hydrogens is 331 g/mol. The largest absolute Gasteiger partial charge is 0.433 e. The fourth-order valence-corrected chi connectivity index (χ4v) is 3.08. The topological polar surface area (TPSA) is 45.2 Å². The summed E-state index contributed by atoms with van der Waals surface area (Å²) in [5.74, 6) is 0.298. The number of alkyl halides is 3. The van der Waals surface area contributed by atoms with Gasteiger partial charge in [0.1, 0.15) is 17.8 Å². The third-order valence-corrected chi connectivity index (χ3v) is 4.61. The molecule has 1 aliphatic rings. The Kier molecular flexibility index (Phi) is 4.89. The summed E-state index contributed by atoms with van der Waals surface area (Å²) >= 11 is 0. The predicted molar refractivity (Wildman–Crippen MR) is 88.1 cm³/mol. The van der Waals surface area contributed by atoms with E-state index >= 15 is 0 Å². The molecule has 1 unspecified atom stereocenters. The molecule has 0 spiro atoms. The van der Waals surface area contributed by atoms with Crippen molar-refractivity contribution in [3.8, 4) is 0 Å². The Bertz CT molecular complexity index is 734. The molecule has 0 N–H and O–H groups in total. The van der Waals surface area contributed by atoms with Crippen molar-refractivity contribution >= 4 is 5.82 Å². The molecule has 1 atom stereocenters. The summed E-state index contributed by atoms with van der Waals surface area (Å²) in [5.41, 5.74) is 1.27. The smallest absolute Gasteiger partial charge is 0.355 e. The second-order valence-corrected chi connectivity index (χ2v) is 6.30. The molecule has 1 aliphatic heterocycles. The Balaban J connectivity index is 1.67. The third kappa shape index (κ3) is 4.07. The van der Waals surface area contributed by atoms with Crippen LogP contribution in [0.3, 0.4) is 0 Å². The number of hydrogen-bond donors (Lipinski definition) is 0. The highest BCUT2D eigenvalue weighted by Crippen LogP contribution is 2.30. The Hall–Kier alpha value is -2.22. The van der Waals surface area contributed by atoms with E-state index in [1.54, 1.807) is 13.2 Å². The summed E-state index contributed by atoms with van der Waals surface area (Å²) < 4.78 is 38.5. The Morgan fingerprint density at radius 1 is 1.28 bits per heavy atom. The monoisotopic (exact) mass is 351 g/mol. The minimum Gasteiger partial charge on any atom is -0.355 e. The van der Waals surface area contributed by atoms with Gasteiger partial charge in [0.05, 0.1) is 0 Å². The standard InChI is InChI=1S/C17H20F3N5/c1-12-13(4-3-6-21-12)9-25-7-5-14(10-25)24(2)16-8-15(17(18,19)20)22-11-23-16/h3-4,6,8,11,14H,5,7,9-10H2,1-2H3. The van der Waals surface area contributed by atoms with E-state index in [4.69, 9.17) is 0 Å². The first-order valence-electron chi connectivity index (χ1n) is 8.09. The maximum Gasteiger partial charge on any atom is 0.433 e. The third-order valence-electron chi connectivity index (χ3n) is 4.61. The highest BCUT2D eigenvalue weighted by Gasteiger charge is 2.34. The van der Waals surface area contributed by atoms with Gasteiger partial charge in [-0.3, -0.25) is 9.88 Å². The molecule has 0 saturated carbocycles. The molecule has 8 heteroatoms. The minimum atomic E-state index is -4.46. The summed E-state index contributed by atoms with van der Waals surface area (Å²) in [6, 6.07) is 5.10. The fourth-order valence-electron chi connectivity index (χ4n) is 3.08. The van der Waals surface area contributed by atoms with Crippen LogP contribution in [0.5, 0.6) is 0 Å². The van der Waals surface area contributed by atoms with Gasteiger partial charge in [0.2, 0.25) is 0 Å². The first-order chi connectivity index (χ1) is 11.8. The summed E-state index contributed by atoms with van der Waals surface area (Å²) in [6.07, 6.45) is -0.841. The average molecular weight is 351 g/mol. The summed E-state index contributed by atoms with van der Waals surface area (Å²) in [6.45, 7) is 4.44. The van der Waals surface area contributed by atoms with E-state index in [9.17, 15) is 13.2 Å². The molecule has 2 aromatic heterocycles. The van der Waals surface area contributed by atoms with Crippen LogP contribution in [0.1, 0.15) is 23.4 Å². The van der Waals surface area contributed by atoms with Gasteiger partial charge in [-0.05, 0) is 25.0 Å². The molecule has 0 aliphatic carbocycles. The van der Waals surface area contributed by atoms with E-state index in [1.807, 2.05) is 17.9 Å². The number of rotatable bonds is 4. The normalized spacial score (nSPS) is 18.5. The van der Waals surface area contributed by atoms with Crippen molar-refractivity contribution in [3.63, 3.8) is 0 Å². The molecule has 25 heavy (non-hydrogen) atoms. The second kappa shape index (κ2) is 6.95. The number of pyridine rings is 1. The lowest BCUT2D eigenvalue weighted by atomic mass is 10.2. The lowest BCUT2D eigenvalue weighted by Gasteiger charge is -2.26. The van der Waals surface area contributed by atoms with Gasteiger partial charge in [0.15, 0.2) is 0 Å². The van der Waals surface area contributed by atoms with Gasteiger partial charge in [0.25, 0.3) is 0 Å². The van der Waals surface area contributed by atoms with Gasteiger partial charge in [-0.1, -0.05) is 6.07 Å². The maximum atomic E-state index is 12.8. The van der Waals surface area contributed by atoms with Gasteiger partial charge >= 0.3 is 6.18 Å². The van der Waals surface area contributed by atoms with Crippen LogP contribution in [-0.2, 0) is 12.7 Å². The van der Waals surface area contributed by atoms with Gasteiger partial charge < -0.3 is 4.90 Å². The molecule has 0 radical (unpaired) electrons. The first-order valence-corrected chi connectivity index (χ1v) is 8.09. The molecule has 3 rings (SSSR count). The Morgan fingerprint density at radius 3 is 2.80 bits per heavy atom. The molecule has 0 amide bonds. The molecule has 2 aromatic rings. The highest BCUT2D eigenvalue weighted by atomic mass is 19.4. The van der Waals surface area contributed by atoms with Gasteiger partial charge in [-0.15, -0.1) is 0 Å². The number of aryl methyl sites for hydroxylation is 1. The Labute approximate surface area is 144 Å². The van der Waals surface area contributed by atoms with E-state index in [0.717, 1.165) is 44.1 Å². The van der Waals surface area contributed by atoms with Gasteiger partial charge in [-0.25, -0.2) is 9.97 Å². The zero-order valence-corrected chi connectivity index (χ0v) is 14.2. The van der Waals surface area contributed by atoms with Crippen molar-refractivity contribution in [2.75, 3.05) is 25.0 Å². The van der Waals surface area contributed by atoms with Crippen LogP contribution in [-0.4, -0.2) is 46.0 Å². The quantitative estimate of drug-likeness (QED) is 0.848. The van der Waals surface area contributed by atoms with Crippen LogP contribution in [0, 0.1) is 6.92 Å². The van der Waals surface area contributed by atoms with Crippen molar-refractivity contribution in [2.45, 2.75) is 32.1 Å². The predicted octanol–water partition coefficient (Wildman–Crippen LogP) is 2.91. The Morgan fingerprint density at radius 2 is 2.08 bits per heavy atom. The van der Waals surface area contributed by atoms with Crippen LogP contribution in [0.4, 0.5) is 19.0 Å². The molecule has 134 valence electrons. The van der Waals surface area contributed by atoms with Crippen LogP contribution in [0.15, 0.2) is 30.7 Å². The molecular formula is C17H20F3N5. The fraction of sp³-hybridized carbons (Fsp3) is 0.471. The average Bonchev–Trinajstić information content (AvgIpc) is 3.04. The summed E-state index contributed by atoms with van der Waals surface area (Å²) in [7, 11) is 1.78. The van der Waals surface area contributed by atoms with Crippen molar-refractivity contribution in [1.29, 1.82) is 0 Å². The minimum absolute atomic E-state index is 0.118. The number of likely N-dealkylation sites (N-methyl/N-ethyl adjacent to an activating group) is 1. The molecule has 5 nitrogen and oxygen atoms in total. The van der Waals surface area contributed by atoms with Crippen LogP contribution in [0.2, 0.25) is 0 Å². The van der Waals surface area contributed by atoms with Crippen LogP contribution >= 0.6 is 0 Å². The lowest BCUT2D eigenvalue weighted by Crippen LogP contribution is -2.35. The number of anilines is 1. The van der Waals surface area contributed by atoms with E-state index in [0.29, 0.717) is 5.82 Å². The molecule has 3 heterocycles. The van der Waals surface area contributed by atoms with Crippen molar-refractivity contribution in [2.24, 2.45) is 0 Å². The molecule has 0 aromatic carbocycles.